The summed E-state index contributed by atoms with van der Waals surface area (Å²) in [5.74, 6) is -0.536. The number of halogens is 2. The maximum absolute atomic E-state index is 12.7. The Balaban J connectivity index is 2.73. The van der Waals surface area contributed by atoms with Crippen molar-refractivity contribution in [3.63, 3.8) is 0 Å². The molecule has 0 aliphatic heterocycles. The Kier molecular flexibility index (Phi) is 4.29. The molecule has 0 saturated carbocycles. The molecule has 0 radical (unpaired) electrons. The first-order valence-electron chi connectivity index (χ1n) is 4.65. The first-order valence-corrected chi connectivity index (χ1v) is 7.09. The van der Waals surface area contributed by atoms with E-state index in [0.29, 0.717) is 12.0 Å². The molecule has 2 N–H and O–H groups in total. The minimum absolute atomic E-state index is 0.110. The minimum atomic E-state index is -3.11. The topological polar surface area (TPSA) is 60.2 Å². The van der Waals surface area contributed by atoms with Gasteiger partial charge in [0.25, 0.3) is 0 Å². The highest BCUT2D eigenvalue weighted by Crippen LogP contribution is 2.18. The van der Waals surface area contributed by atoms with E-state index in [9.17, 15) is 12.8 Å². The van der Waals surface area contributed by atoms with Crippen molar-refractivity contribution in [3.05, 3.63) is 34.6 Å². The molecule has 90 valence electrons. The third-order valence-electron chi connectivity index (χ3n) is 2.01. The van der Waals surface area contributed by atoms with E-state index in [1.54, 1.807) is 0 Å². The van der Waals surface area contributed by atoms with E-state index < -0.39 is 21.7 Å². The fraction of sp³-hybridized carbons (Fsp3) is 0.400. The van der Waals surface area contributed by atoms with E-state index in [4.69, 9.17) is 17.3 Å². The van der Waals surface area contributed by atoms with E-state index in [1.165, 1.54) is 18.2 Å². The number of nitrogens with two attached hydrogens (primary N) is 1. The molecule has 0 spiro atoms. The predicted octanol–water partition coefficient (Wildman–Crippen LogP) is 1.39. The van der Waals surface area contributed by atoms with Crippen LogP contribution in [0.15, 0.2) is 18.2 Å². The van der Waals surface area contributed by atoms with Crippen LogP contribution < -0.4 is 5.73 Å². The van der Waals surface area contributed by atoms with E-state index in [-0.39, 0.29) is 10.8 Å². The summed E-state index contributed by atoms with van der Waals surface area (Å²) in [5, 5.41) is 0.268. The molecule has 1 atom stereocenters. The van der Waals surface area contributed by atoms with Gasteiger partial charge >= 0.3 is 0 Å². The van der Waals surface area contributed by atoms with Crippen molar-refractivity contribution in [1.82, 2.24) is 0 Å². The molecule has 6 heteroatoms. The number of sulfone groups is 1. The zero-order valence-corrected chi connectivity index (χ0v) is 10.4. The molecule has 0 aliphatic rings. The van der Waals surface area contributed by atoms with Gasteiger partial charge in [0.15, 0.2) is 0 Å². The molecular formula is C10H13ClFNO2S. The van der Waals surface area contributed by atoms with E-state index >= 15 is 0 Å². The molecule has 1 unspecified atom stereocenters. The van der Waals surface area contributed by atoms with Crippen LogP contribution in [0, 0.1) is 5.82 Å². The highest BCUT2D eigenvalue weighted by molar-refractivity contribution is 7.90. The summed E-state index contributed by atoms with van der Waals surface area (Å²) in [6, 6.07) is 3.44. The first kappa shape index (κ1) is 13.4. The lowest BCUT2D eigenvalue weighted by Gasteiger charge is -2.11. The largest absolute Gasteiger partial charge is 0.326 e. The first-order chi connectivity index (χ1) is 7.28. The smallest absolute Gasteiger partial charge is 0.148 e. The molecule has 0 heterocycles. The molecule has 0 bridgehead atoms. The number of hydrogen-bond acceptors (Lipinski definition) is 3. The van der Waals surface area contributed by atoms with Crippen molar-refractivity contribution in [2.75, 3.05) is 12.0 Å². The minimum Gasteiger partial charge on any atom is -0.326 e. The van der Waals surface area contributed by atoms with E-state index in [2.05, 4.69) is 0 Å². The Bertz CT molecular complexity index is 476. The molecule has 0 fully saturated rings. The molecule has 3 nitrogen and oxygen atoms in total. The van der Waals surface area contributed by atoms with Crippen LogP contribution in [0.1, 0.15) is 5.56 Å². The monoisotopic (exact) mass is 265 g/mol. The van der Waals surface area contributed by atoms with Crippen LogP contribution in [0.3, 0.4) is 0 Å². The van der Waals surface area contributed by atoms with Gasteiger partial charge in [-0.3, -0.25) is 0 Å². The summed E-state index contributed by atoms with van der Waals surface area (Å²) in [6.07, 6.45) is 1.44. The van der Waals surface area contributed by atoms with Crippen molar-refractivity contribution in [2.24, 2.45) is 5.73 Å². The van der Waals surface area contributed by atoms with Crippen LogP contribution in [0.2, 0.25) is 5.02 Å². The molecule has 1 aromatic rings. The Morgan fingerprint density at radius 3 is 2.62 bits per heavy atom. The number of benzene rings is 1. The normalized spacial score (nSPS) is 13.8. The van der Waals surface area contributed by atoms with Crippen LogP contribution in [0.25, 0.3) is 0 Å². The van der Waals surface area contributed by atoms with Gasteiger partial charge in [0.1, 0.15) is 15.7 Å². The Labute approximate surface area is 99.3 Å². The van der Waals surface area contributed by atoms with Crippen LogP contribution in [0.5, 0.6) is 0 Å². The summed E-state index contributed by atoms with van der Waals surface area (Å²) in [6.45, 7) is 0. The second-order valence-corrected chi connectivity index (χ2v) is 6.38. The quantitative estimate of drug-likeness (QED) is 0.895. The lowest BCUT2D eigenvalue weighted by atomic mass is 10.1. The molecule has 0 amide bonds. The highest BCUT2D eigenvalue weighted by Gasteiger charge is 2.13. The van der Waals surface area contributed by atoms with Crippen LogP contribution >= 0.6 is 11.6 Å². The van der Waals surface area contributed by atoms with Crippen molar-refractivity contribution in [2.45, 2.75) is 12.5 Å². The molecule has 0 aromatic heterocycles. The molecule has 0 saturated heterocycles. The maximum Gasteiger partial charge on any atom is 0.148 e. The van der Waals surface area contributed by atoms with E-state index in [1.807, 2.05) is 0 Å². The van der Waals surface area contributed by atoms with Crippen LogP contribution in [-0.4, -0.2) is 26.5 Å². The van der Waals surface area contributed by atoms with E-state index in [0.717, 1.165) is 6.26 Å². The summed E-state index contributed by atoms with van der Waals surface area (Å²) < 4.78 is 34.7. The Hall–Kier alpha value is -0.650. The summed E-state index contributed by atoms with van der Waals surface area (Å²) in [7, 11) is -3.11. The summed E-state index contributed by atoms with van der Waals surface area (Å²) >= 11 is 5.80. The van der Waals surface area contributed by atoms with Crippen molar-refractivity contribution < 1.29 is 12.8 Å². The van der Waals surface area contributed by atoms with Crippen LogP contribution in [0.4, 0.5) is 4.39 Å². The standard InChI is InChI=1S/C10H13ClFNO2S/c1-16(14,15)6-9(13)4-7-2-3-8(12)5-10(7)11/h2-3,5,9H,4,6,13H2,1H3. The summed E-state index contributed by atoms with van der Waals surface area (Å²) in [4.78, 5) is 0. The maximum atomic E-state index is 12.7. The zero-order valence-electron chi connectivity index (χ0n) is 8.78. The second-order valence-electron chi connectivity index (χ2n) is 3.79. The average Bonchev–Trinajstić information content (AvgIpc) is 2.06. The van der Waals surface area contributed by atoms with Gasteiger partial charge in [-0.1, -0.05) is 17.7 Å². The van der Waals surface area contributed by atoms with Gasteiger partial charge in [-0.05, 0) is 24.1 Å². The molecule has 1 rings (SSSR count). The molecule has 16 heavy (non-hydrogen) atoms. The highest BCUT2D eigenvalue weighted by atomic mass is 35.5. The van der Waals surface area contributed by atoms with Crippen molar-refractivity contribution in [3.8, 4) is 0 Å². The third-order valence-corrected chi connectivity index (χ3v) is 3.40. The van der Waals surface area contributed by atoms with Crippen molar-refractivity contribution in [1.29, 1.82) is 0 Å². The summed E-state index contributed by atoms with van der Waals surface area (Å²) in [5.41, 5.74) is 6.32. The second kappa shape index (κ2) is 5.12. The number of rotatable bonds is 4. The van der Waals surface area contributed by atoms with Gasteiger partial charge in [0, 0.05) is 17.3 Å². The van der Waals surface area contributed by atoms with Crippen molar-refractivity contribution >= 4 is 21.4 Å². The zero-order chi connectivity index (χ0) is 12.3. The Morgan fingerprint density at radius 2 is 2.12 bits per heavy atom. The molecule has 1 aromatic carbocycles. The van der Waals surface area contributed by atoms with Gasteiger partial charge < -0.3 is 5.73 Å². The van der Waals surface area contributed by atoms with Gasteiger partial charge in [0.05, 0.1) is 5.75 Å². The lowest BCUT2D eigenvalue weighted by Crippen LogP contribution is -2.31. The molecule has 0 aliphatic carbocycles. The predicted molar refractivity (Wildman–Crippen MR) is 62.8 cm³/mol. The van der Waals surface area contributed by atoms with Gasteiger partial charge in [0.2, 0.25) is 0 Å². The fourth-order valence-electron chi connectivity index (χ4n) is 1.42. The SMILES string of the molecule is CS(=O)(=O)CC(N)Cc1ccc(F)cc1Cl. The molecular weight excluding hydrogens is 253 g/mol. The van der Waals surface area contributed by atoms with Gasteiger partial charge in [-0.25, -0.2) is 12.8 Å². The van der Waals surface area contributed by atoms with Gasteiger partial charge in [-0.15, -0.1) is 0 Å². The Morgan fingerprint density at radius 1 is 1.50 bits per heavy atom. The average molecular weight is 266 g/mol. The lowest BCUT2D eigenvalue weighted by molar-refractivity contribution is 0.591. The third kappa shape index (κ3) is 4.47. The van der Waals surface area contributed by atoms with Gasteiger partial charge in [-0.2, -0.15) is 0 Å². The van der Waals surface area contributed by atoms with Crippen LogP contribution in [-0.2, 0) is 16.3 Å². The number of hydrogen-bond donors (Lipinski definition) is 1. The fourth-order valence-corrected chi connectivity index (χ4v) is 2.56.